The monoisotopic (exact) mass is 392 g/mol. The van der Waals surface area contributed by atoms with Crippen LogP contribution >= 0.6 is 11.6 Å². The van der Waals surface area contributed by atoms with E-state index in [1.807, 2.05) is 73.7 Å². The van der Waals surface area contributed by atoms with Gasteiger partial charge in [-0.1, -0.05) is 41.9 Å². The maximum Gasteiger partial charge on any atom is 0.258 e. The van der Waals surface area contributed by atoms with Gasteiger partial charge in [-0.25, -0.2) is 0 Å². The molecule has 0 aliphatic rings. The second-order valence-electron chi connectivity index (χ2n) is 6.29. The maximum atomic E-state index is 12.1. The molecule has 28 heavy (non-hydrogen) atoms. The Kier molecular flexibility index (Phi) is 6.82. The number of hydrogen-bond acceptors (Lipinski definition) is 3. The van der Waals surface area contributed by atoms with Crippen LogP contribution in [-0.2, 0) is 4.79 Å². The lowest BCUT2D eigenvalue weighted by molar-refractivity contribution is -0.123. The van der Waals surface area contributed by atoms with Crippen molar-refractivity contribution in [2.75, 3.05) is 6.61 Å². The van der Waals surface area contributed by atoms with Crippen LogP contribution in [0.15, 0.2) is 83.9 Å². The molecule has 0 aliphatic heterocycles. The Hall–Kier alpha value is -3.11. The van der Waals surface area contributed by atoms with Gasteiger partial charge in [0.1, 0.15) is 5.75 Å². The fourth-order valence-corrected chi connectivity index (χ4v) is 2.71. The first-order chi connectivity index (χ1) is 13.6. The van der Waals surface area contributed by atoms with Crippen LogP contribution in [0, 0.1) is 0 Å². The van der Waals surface area contributed by atoms with Crippen LogP contribution in [-0.4, -0.2) is 18.7 Å². The number of nitrogens with zero attached hydrogens (tertiary/aromatic N) is 1. The SMILES string of the molecule is C[C@@H](NC(=O)COc1ccc(C=Nc2ccc(Cl)cc2)cc1)c1ccccc1. The van der Waals surface area contributed by atoms with E-state index in [0.717, 1.165) is 16.8 Å². The third kappa shape index (κ3) is 5.96. The van der Waals surface area contributed by atoms with Gasteiger partial charge in [-0.2, -0.15) is 0 Å². The van der Waals surface area contributed by atoms with Crippen molar-refractivity contribution in [3.8, 4) is 5.75 Å². The zero-order chi connectivity index (χ0) is 19.8. The van der Waals surface area contributed by atoms with Crippen molar-refractivity contribution in [2.24, 2.45) is 4.99 Å². The lowest BCUT2D eigenvalue weighted by atomic mass is 10.1. The van der Waals surface area contributed by atoms with Gasteiger partial charge in [-0.05, 0) is 66.6 Å². The summed E-state index contributed by atoms with van der Waals surface area (Å²) in [5, 5.41) is 3.61. The quantitative estimate of drug-likeness (QED) is 0.551. The molecule has 0 unspecified atom stereocenters. The fourth-order valence-electron chi connectivity index (χ4n) is 2.58. The standard InChI is InChI=1S/C23H21ClN2O2/c1-17(19-5-3-2-4-6-19)26-23(27)16-28-22-13-7-18(8-14-22)15-25-21-11-9-20(24)10-12-21/h2-15,17H,16H2,1H3,(H,26,27)/t17-/m1/s1. The molecule has 5 heteroatoms. The molecule has 0 bridgehead atoms. The molecule has 0 aliphatic carbocycles. The predicted molar refractivity (Wildman–Crippen MR) is 114 cm³/mol. The van der Waals surface area contributed by atoms with E-state index in [4.69, 9.17) is 16.3 Å². The van der Waals surface area contributed by atoms with Crippen LogP contribution in [0.4, 0.5) is 5.69 Å². The normalized spacial score (nSPS) is 11.9. The number of aliphatic imine (C=N–C) groups is 1. The zero-order valence-corrected chi connectivity index (χ0v) is 16.3. The Morgan fingerprint density at radius 2 is 1.71 bits per heavy atom. The Morgan fingerprint density at radius 1 is 1.04 bits per heavy atom. The van der Waals surface area contributed by atoms with Gasteiger partial charge >= 0.3 is 0 Å². The van der Waals surface area contributed by atoms with E-state index in [1.165, 1.54) is 0 Å². The van der Waals surface area contributed by atoms with Gasteiger partial charge in [0.2, 0.25) is 0 Å². The summed E-state index contributed by atoms with van der Waals surface area (Å²) in [6.07, 6.45) is 1.77. The maximum absolute atomic E-state index is 12.1. The fraction of sp³-hybridized carbons (Fsp3) is 0.130. The molecule has 142 valence electrons. The number of halogens is 1. The number of nitrogens with one attached hydrogen (secondary N) is 1. The second kappa shape index (κ2) is 9.72. The lowest BCUT2D eigenvalue weighted by Crippen LogP contribution is -2.31. The molecule has 0 heterocycles. The predicted octanol–water partition coefficient (Wildman–Crippen LogP) is 5.35. The summed E-state index contributed by atoms with van der Waals surface area (Å²) >= 11 is 5.86. The van der Waals surface area contributed by atoms with E-state index in [0.29, 0.717) is 10.8 Å². The highest BCUT2D eigenvalue weighted by molar-refractivity contribution is 6.30. The Bertz CT molecular complexity index is 923. The van der Waals surface area contributed by atoms with Gasteiger partial charge < -0.3 is 10.1 Å². The first kappa shape index (κ1) is 19.6. The summed E-state index contributed by atoms with van der Waals surface area (Å²) in [7, 11) is 0. The molecule has 1 amide bonds. The zero-order valence-electron chi connectivity index (χ0n) is 15.5. The highest BCUT2D eigenvalue weighted by Crippen LogP contribution is 2.17. The number of ether oxygens (including phenoxy) is 1. The van der Waals surface area contributed by atoms with Crippen molar-refractivity contribution >= 4 is 29.4 Å². The topological polar surface area (TPSA) is 50.7 Å². The number of amides is 1. The van der Waals surface area contributed by atoms with Gasteiger partial charge in [0.05, 0.1) is 11.7 Å². The van der Waals surface area contributed by atoms with Crippen LogP contribution in [0.3, 0.4) is 0 Å². The third-order valence-corrected chi connectivity index (χ3v) is 4.37. The number of hydrogen-bond donors (Lipinski definition) is 1. The summed E-state index contributed by atoms with van der Waals surface area (Å²) in [6, 6.07) is 24.5. The molecule has 3 aromatic carbocycles. The molecule has 0 aromatic heterocycles. The second-order valence-corrected chi connectivity index (χ2v) is 6.73. The van der Waals surface area contributed by atoms with Gasteiger partial charge in [-0.3, -0.25) is 9.79 Å². The van der Waals surface area contributed by atoms with Crippen LogP contribution < -0.4 is 10.1 Å². The van der Waals surface area contributed by atoms with Gasteiger partial charge in [-0.15, -0.1) is 0 Å². The highest BCUT2D eigenvalue weighted by atomic mass is 35.5. The van der Waals surface area contributed by atoms with Crippen molar-refractivity contribution in [3.05, 3.63) is 95.0 Å². The Balaban J connectivity index is 1.48. The number of benzene rings is 3. The molecule has 0 spiro atoms. The van der Waals surface area contributed by atoms with Crippen molar-refractivity contribution < 1.29 is 9.53 Å². The summed E-state index contributed by atoms with van der Waals surface area (Å²) in [4.78, 5) is 16.5. The van der Waals surface area contributed by atoms with Gasteiger partial charge in [0, 0.05) is 11.2 Å². The van der Waals surface area contributed by atoms with E-state index < -0.39 is 0 Å². The van der Waals surface area contributed by atoms with E-state index in [9.17, 15) is 4.79 Å². The lowest BCUT2D eigenvalue weighted by Gasteiger charge is -2.14. The molecular formula is C23H21ClN2O2. The molecule has 3 rings (SSSR count). The number of carbonyl (C=O) groups excluding carboxylic acids is 1. The minimum atomic E-state index is -0.162. The molecule has 0 saturated heterocycles. The summed E-state index contributed by atoms with van der Waals surface area (Å²) in [6.45, 7) is 1.91. The summed E-state index contributed by atoms with van der Waals surface area (Å²) in [5.41, 5.74) is 2.82. The van der Waals surface area contributed by atoms with E-state index in [-0.39, 0.29) is 18.6 Å². The Labute approximate surface area is 169 Å². The molecular weight excluding hydrogens is 372 g/mol. The van der Waals surface area contributed by atoms with Crippen LogP contribution in [0.2, 0.25) is 5.02 Å². The largest absolute Gasteiger partial charge is 0.484 e. The van der Waals surface area contributed by atoms with Gasteiger partial charge in [0.25, 0.3) is 5.91 Å². The molecule has 3 aromatic rings. The average Bonchev–Trinajstić information content (AvgIpc) is 2.73. The van der Waals surface area contributed by atoms with E-state index in [1.54, 1.807) is 18.3 Å². The number of rotatable bonds is 7. The van der Waals surface area contributed by atoms with Gasteiger partial charge in [0.15, 0.2) is 6.61 Å². The molecule has 1 atom stereocenters. The summed E-state index contributed by atoms with van der Waals surface area (Å²) in [5.74, 6) is 0.468. The minimum Gasteiger partial charge on any atom is -0.484 e. The average molecular weight is 393 g/mol. The molecule has 0 saturated carbocycles. The molecule has 4 nitrogen and oxygen atoms in total. The summed E-state index contributed by atoms with van der Waals surface area (Å²) < 4.78 is 5.56. The van der Waals surface area contributed by atoms with Crippen LogP contribution in [0.1, 0.15) is 24.1 Å². The molecule has 1 N–H and O–H groups in total. The number of carbonyl (C=O) groups is 1. The van der Waals surface area contributed by atoms with Crippen molar-refractivity contribution in [1.82, 2.24) is 5.32 Å². The van der Waals surface area contributed by atoms with Crippen LogP contribution in [0.5, 0.6) is 5.75 Å². The van der Waals surface area contributed by atoms with E-state index >= 15 is 0 Å². The molecule has 0 radical (unpaired) electrons. The van der Waals surface area contributed by atoms with Crippen molar-refractivity contribution in [2.45, 2.75) is 13.0 Å². The third-order valence-electron chi connectivity index (χ3n) is 4.12. The van der Waals surface area contributed by atoms with E-state index in [2.05, 4.69) is 10.3 Å². The Morgan fingerprint density at radius 3 is 2.39 bits per heavy atom. The first-order valence-corrected chi connectivity index (χ1v) is 9.35. The van der Waals surface area contributed by atoms with Crippen molar-refractivity contribution in [3.63, 3.8) is 0 Å². The smallest absolute Gasteiger partial charge is 0.258 e. The first-order valence-electron chi connectivity index (χ1n) is 8.97. The van der Waals surface area contributed by atoms with Crippen LogP contribution in [0.25, 0.3) is 0 Å². The highest BCUT2D eigenvalue weighted by Gasteiger charge is 2.09. The van der Waals surface area contributed by atoms with Crippen molar-refractivity contribution in [1.29, 1.82) is 0 Å². The minimum absolute atomic E-state index is 0.0324. The molecule has 0 fully saturated rings.